The van der Waals surface area contributed by atoms with Crippen molar-refractivity contribution in [1.29, 1.82) is 0 Å². The highest BCUT2D eigenvalue weighted by molar-refractivity contribution is 5.69. The number of carbonyl (C=O) groups excluding carboxylic acids is 1. The maximum Gasteiger partial charge on any atom is 0.411 e. The largest absolute Gasteiger partial charge is 0.467 e. The van der Waals surface area contributed by atoms with Crippen LogP contribution in [0.15, 0.2) is 55.0 Å². The molecule has 1 amide bonds. The summed E-state index contributed by atoms with van der Waals surface area (Å²) in [4.78, 5) is 23.5. The van der Waals surface area contributed by atoms with Crippen LogP contribution in [0.5, 0.6) is 11.9 Å². The van der Waals surface area contributed by atoms with Crippen LogP contribution in [0.2, 0.25) is 0 Å². The number of primary amides is 1. The van der Waals surface area contributed by atoms with Gasteiger partial charge in [0.05, 0.1) is 7.11 Å². The maximum atomic E-state index is 11.1. The number of pyridine rings is 1. The molecule has 0 unspecified atom stereocenters. The van der Waals surface area contributed by atoms with Gasteiger partial charge in [0.25, 0.3) is 0 Å². The Hall–Kier alpha value is -3.48. The average molecular weight is 336 g/mol. The normalized spacial score (nSPS) is 10.3. The number of hydrogen-bond acceptors (Lipinski definition) is 6. The van der Waals surface area contributed by atoms with Gasteiger partial charge in [0.1, 0.15) is 0 Å². The van der Waals surface area contributed by atoms with Crippen molar-refractivity contribution in [1.82, 2.24) is 15.0 Å². The van der Waals surface area contributed by atoms with Gasteiger partial charge in [0.15, 0.2) is 0 Å². The van der Waals surface area contributed by atoms with Gasteiger partial charge in [-0.15, -0.1) is 0 Å². The van der Waals surface area contributed by atoms with E-state index in [1.54, 1.807) is 18.6 Å². The van der Waals surface area contributed by atoms with Crippen LogP contribution < -0.4 is 15.2 Å². The minimum absolute atomic E-state index is 0.189. The monoisotopic (exact) mass is 336 g/mol. The summed E-state index contributed by atoms with van der Waals surface area (Å²) < 4.78 is 9.98. The summed E-state index contributed by atoms with van der Waals surface area (Å²) >= 11 is 0. The summed E-state index contributed by atoms with van der Waals surface area (Å²) in [6.07, 6.45) is 4.51. The van der Waals surface area contributed by atoms with Gasteiger partial charge in [0, 0.05) is 41.7 Å². The molecule has 25 heavy (non-hydrogen) atoms. The predicted octanol–water partition coefficient (Wildman–Crippen LogP) is 2.60. The van der Waals surface area contributed by atoms with E-state index in [2.05, 4.69) is 15.0 Å². The lowest BCUT2D eigenvalue weighted by molar-refractivity contribution is 0.208. The molecule has 0 saturated carbocycles. The van der Waals surface area contributed by atoms with Crippen molar-refractivity contribution in [3.8, 4) is 23.0 Å². The number of rotatable bonds is 5. The van der Waals surface area contributed by atoms with E-state index in [0.29, 0.717) is 6.42 Å². The second kappa shape index (κ2) is 7.39. The lowest BCUT2D eigenvalue weighted by Crippen LogP contribution is -2.18. The van der Waals surface area contributed by atoms with E-state index in [4.69, 9.17) is 15.2 Å². The molecule has 7 heteroatoms. The first-order valence-electron chi connectivity index (χ1n) is 7.52. The third kappa shape index (κ3) is 4.08. The second-order valence-electron chi connectivity index (χ2n) is 5.23. The molecule has 0 aliphatic heterocycles. The molecule has 0 aliphatic rings. The van der Waals surface area contributed by atoms with Crippen LogP contribution in [-0.2, 0) is 6.42 Å². The number of nitrogens with zero attached hydrogens (tertiary/aromatic N) is 3. The Kier molecular flexibility index (Phi) is 4.84. The van der Waals surface area contributed by atoms with E-state index in [9.17, 15) is 4.79 Å². The lowest BCUT2D eigenvalue weighted by Gasteiger charge is -2.10. The molecular weight excluding hydrogens is 320 g/mol. The number of amides is 1. The number of hydrogen-bond donors (Lipinski definition) is 1. The molecule has 126 valence electrons. The summed E-state index contributed by atoms with van der Waals surface area (Å²) in [6.45, 7) is 0. The topological polar surface area (TPSA) is 100 Å². The molecule has 0 atom stereocenters. The van der Waals surface area contributed by atoms with Crippen molar-refractivity contribution in [3.05, 3.63) is 66.1 Å². The van der Waals surface area contributed by atoms with Crippen molar-refractivity contribution in [2.75, 3.05) is 7.11 Å². The number of methoxy groups -OCH3 is 1. The van der Waals surface area contributed by atoms with Gasteiger partial charge >= 0.3 is 12.1 Å². The Morgan fingerprint density at radius 2 is 1.72 bits per heavy atom. The number of aromatic nitrogens is 3. The average Bonchev–Trinajstić information content (AvgIpc) is 2.64. The van der Waals surface area contributed by atoms with Crippen LogP contribution >= 0.6 is 0 Å². The fraction of sp³-hybridized carbons (Fsp3) is 0.111. The van der Waals surface area contributed by atoms with Crippen LogP contribution in [0.3, 0.4) is 0 Å². The van der Waals surface area contributed by atoms with Gasteiger partial charge in [-0.3, -0.25) is 0 Å². The van der Waals surface area contributed by atoms with E-state index in [-0.39, 0.29) is 11.9 Å². The zero-order chi connectivity index (χ0) is 17.6. The van der Waals surface area contributed by atoms with Gasteiger partial charge in [0.2, 0.25) is 5.88 Å². The van der Waals surface area contributed by atoms with Crippen molar-refractivity contribution in [3.63, 3.8) is 0 Å². The van der Waals surface area contributed by atoms with Crippen LogP contribution in [0, 0.1) is 0 Å². The quantitative estimate of drug-likeness (QED) is 0.768. The second-order valence-corrected chi connectivity index (χ2v) is 5.23. The van der Waals surface area contributed by atoms with Gasteiger partial charge in [-0.25, -0.2) is 19.7 Å². The molecule has 0 aliphatic carbocycles. The highest BCUT2D eigenvalue weighted by Crippen LogP contribution is 2.26. The molecule has 2 heterocycles. The molecule has 0 fully saturated rings. The first-order chi connectivity index (χ1) is 12.2. The van der Waals surface area contributed by atoms with Crippen LogP contribution in [0.25, 0.3) is 11.1 Å². The minimum Gasteiger partial charge on any atom is -0.467 e. The fourth-order valence-electron chi connectivity index (χ4n) is 2.36. The summed E-state index contributed by atoms with van der Waals surface area (Å²) in [6, 6.07) is 12.0. The Balaban J connectivity index is 1.97. The van der Waals surface area contributed by atoms with Gasteiger partial charge in [-0.05, 0) is 11.6 Å². The third-order valence-electron chi connectivity index (χ3n) is 3.50. The third-order valence-corrected chi connectivity index (χ3v) is 3.50. The van der Waals surface area contributed by atoms with Crippen LogP contribution in [-0.4, -0.2) is 28.2 Å². The molecule has 3 aromatic rings. The molecule has 0 saturated heterocycles. The predicted molar refractivity (Wildman–Crippen MR) is 91.3 cm³/mol. The maximum absolute atomic E-state index is 11.1. The van der Waals surface area contributed by atoms with Gasteiger partial charge in [-0.2, -0.15) is 0 Å². The van der Waals surface area contributed by atoms with E-state index in [0.717, 1.165) is 22.3 Å². The summed E-state index contributed by atoms with van der Waals surface area (Å²) in [7, 11) is 1.50. The molecule has 2 aromatic heterocycles. The van der Waals surface area contributed by atoms with Crippen LogP contribution in [0.1, 0.15) is 11.1 Å². The van der Waals surface area contributed by atoms with E-state index < -0.39 is 6.09 Å². The molecule has 0 radical (unpaired) electrons. The molecule has 0 spiro atoms. The number of benzene rings is 1. The van der Waals surface area contributed by atoms with E-state index in [1.807, 2.05) is 36.4 Å². The highest BCUT2D eigenvalue weighted by atomic mass is 16.6. The highest BCUT2D eigenvalue weighted by Gasteiger charge is 2.12. The Labute approximate surface area is 144 Å². The molecular formula is C18H16N4O3. The zero-order valence-corrected chi connectivity index (χ0v) is 13.5. The standard InChI is InChI=1S/C18H16N4O3/c1-24-18-21-10-15(11-22-18)14-8-13(7-12-5-3-2-4-6-12)16(20-9-14)25-17(19)23/h2-6,8-11H,7H2,1H3,(H2,19,23). The minimum atomic E-state index is -0.901. The first kappa shape index (κ1) is 16.4. The fourth-order valence-corrected chi connectivity index (χ4v) is 2.36. The summed E-state index contributed by atoms with van der Waals surface area (Å²) in [5.41, 5.74) is 8.49. The van der Waals surface area contributed by atoms with Crippen molar-refractivity contribution in [2.45, 2.75) is 6.42 Å². The SMILES string of the molecule is COc1ncc(-c2cnc(OC(N)=O)c(Cc3ccccc3)c2)cn1. The molecule has 1 aromatic carbocycles. The number of nitrogens with two attached hydrogens (primary N) is 1. The van der Waals surface area contributed by atoms with Gasteiger partial charge in [-0.1, -0.05) is 30.3 Å². The molecule has 0 bridgehead atoms. The zero-order valence-electron chi connectivity index (χ0n) is 13.5. The summed E-state index contributed by atoms with van der Waals surface area (Å²) in [5, 5.41) is 0. The molecule has 7 nitrogen and oxygen atoms in total. The van der Waals surface area contributed by atoms with E-state index >= 15 is 0 Å². The Morgan fingerprint density at radius 1 is 1.04 bits per heavy atom. The Bertz CT molecular complexity index is 867. The van der Waals surface area contributed by atoms with E-state index in [1.165, 1.54) is 7.11 Å². The van der Waals surface area contributed by atoms with Crippen molar-refractivity contribution in [2.24, 2.45) is 5.73 Å². The number of carbonyl (C=O) groups is 1. The van der Waals surface area contributed by atoms with Crippen molar-refractivity contribution >= 4 is 6.09 Å². The summed E-state index contributed by atoms with van der Waals surface area (Å²) in [5.74, 6) is 0.189. The molecule has 3 rings (SSSR count). The van der Waals surface area contributed by atoms with Gasteiger partial charge < -0.3 is 15.2 Å². The number of ether oxygens (including phenoxy) is 2. The lowest BCUT2D eigenvalue weighted by atomic mass is 10.0. The molecule has 2 N–H and O–H groups in total. The Morgan fingerprint density at radius 3 is 2.36 bits per heavy atom. The first-order valence-corrected chi connectivity index (χ1v) is 7.52. The smallest absolute Gasteiger partial charge is 0.411 e. The van der Waals surface area contributed by atoms with Crippen molar-refractivity contribution < 1.29 is 14.3 Å². The van der Waals surface area contributed by atoms with Crippen LogP contribution in [0.4, 0.5) is 4.79 Å².